The number of hydrogen-bond acceptors (Lipinski definition) is 8. The number of phenolic OH excluding ortho intramolecular Hbond substituents is 1. The number of rotatable bonds is 24. The van der Waals surface area contributed by atoms with Gasteiger partial charge in [0, 0.05) is 32.5 Å². The molecule has 0 saturated heterocycles. The van der Waals surface area contributed by atoms with Gasteiger partial charge in [-0.1, -0.05) is 19.1 Å². The van der Waals surface area contributed by atoms with Crippen LogP contribution in [-0.4, -0.2) is 86.7 Å². The quantitative estimate of drug-likeness (QED) is 0.0432. The van der Waals surface area contributed by atoms with Gasteiger partial charge < -0.3 is 48.9 Å². The van der Waals surface area contributed by atoms with E-state index in [1.807, 2.05) is 6.92 Å². The molecule has 0 fully saturated rings. The summed E-state index contributed by atoms with van der Waals surface area (Å²) in [5.74, 6) is -0.308. The first-order valence-corrected chi connectivity index (χ1v) is 15.1. The standard InChI is InChI=1S/C29H53N9O4/c1-2-8-26(40)38-25(21-22-10-12-23(39)13-11-22)28(42)36-20-7-17-34-15-4-3-14-33-16-6-19-35-27(41)24(30)9-5-18-37-29(31)32/h10-13,24-25,33-34,39H,2-9,14-21,30H2,1H3,(H,35,41)(H,36,42)(H,38,40)(H4,31,32,37)/t24-,25-/m0/s1. The molecule has 13 nitrogen and oxygen atoms in total. The molecule has 0 aliphatic carbocycles. The van der Waals surface area contributed by atoms with Crippen LogP contribution in [0.1, 0.15) is 63.9 Å². The minimum atomic E-state index is -0.657. The largest absolute Gasteiger partial charge is 0.508 e. The molecule has 0 aromatic heterocycles. The number of benzene rings is 1. The van der Waals surface area contributed by atoms with Crippen molar-refractivity contribution in [3.63, 3.8) is 0 Å². The second-order valence-corrected chi connectivity index (χ2v) is 10.3. The molecular formula is C29H53N9O4. The van der Waals surface area contributed by atoms with E-state index in [1.165, 1.54) is 0 Å². The van der Waals surface area contributed by atoms with Crippen LogP contribution in [0.4, 0.5) is 0 Å². The average molecular weight is 592 g/mol. The second kappa shape index (κ2) is 23.2. The number of unbranched alkanes of at least 4 members (excludes halogenated alkanes) is 1. The molecule has 1 rings (SSSR count). The van der Waals surface area contributed by atoms with E-state index in [4.69, 9.17) is 17.2 Å². The molecule has 42 heavy (non-hydrogen) atoms. The summed E-state index contributed by atoms with van der Waals surface area (Å²) >= 11 is 0. The zero-order chi connectivity index (χ0) is 31.0. The minimum Gasteiger partial charge on any atom is -0.508 e. The van der Waals surface area contributed by atoms with Crippen LogP contribution >= 0.6 is 0 Å². The Morgan fingerprint density at radius 1 is 0.833 bits per heavy atom. The lowest BCUT2D eigenvalue weighted by Gasteiger charge is -2.19. The second-order valence-electron chi connectivity index (χ2n) is 10.3. The van der Waals surface area contributed by atoms with Crippen molar-refractivity contribution in [2.24, 2.45) is 22.2 Å². The van der Waals surface area contributed by atoms with E-state index in [1.54, 1.807) is 24.3 Å². The summed E-state index contributed by atoms with van der Waals surface area (Å²) in [6.45, 7) is 6.88. The predicted octanol–water partition coefficient (Wildman–Crippen LogP) is -0.427. The maximum absolute atomic E-state index is 12.7. The predicted molar refractivity (Wildman–Crippen MR) is 167 cm³/mol. The lowest BCUT2D eigenvalue weighted by atomic mass is 10.0. The Bertz CT molecular complexity index is 924. The van der Waals surface area contributed by atoms with Gasteiger partial charge in [-0.05, 0) is 88.8 Å². The zero-order valence-corrected chi connectivity index (χ0v) is 25.1. The van der Waals surface area contributed by atoms with Crippen molar-refractivity contribution in [1.29, 1.82) is 0 Å². The van der Waals surface area contributed by atoms with Crippen molar-refractivity contribution in [3.8, 4) is 5.75 Å². The lowest BCUT2D eigenvalue weighted by Crippen LogP contribution is -2.48. The van der Waals surface area contributed by atoms with Gasteiger partial charge >= 0.3 is 0 Å². The zero-order valence-electron chi connectivity index (χ0n) is 25.1. The molecule has 0 aliphatic heterocycles. The van der Waals surface area contributed by atoms with Gasteiger partial charge in [-0.2, -0.15) is 0 Å². The number of nitrogens with zero attached hydrogens (tertiary/aromatic N) is 1. The number of amides is 3. The van der Waals surface area contributed by atoms with Crippen molar-refractivity contribution in [1.82, 2.24) is 26.6 Å². The number of hydrogen-bond donors (Lipinski definition) is 9. The van der Waals surface area contributed by atoms with Crippen LogP contribution in [0.3, 0.4) is 0 Å². The van der Waals surface area contributed by atoms with Gasteiger partial charge in [-0.25, -0.2) is 0 Å². The Morgan fingerprint density at radius 2 is 1.40 bits per heavy atom. The van der Waals surface area contributed by atoms with Gasteiger partial charge in [0.25, 0.3) is 0 Å². The molecule has 0 unspecified atom stereocenters. The molecule has 0 bridgehead atoms. The summed E-state index contributed by atoms with van der Waals surface area (Å²) in [6, 6.07) is 5.43. The number of phenols is 1. The van der Waals surface area contributed by atoms with Crippen LogP contribution in [0, 0.1) is 0 Å². The summed E-state index contributed by atoms with van der Waals surface area (Å²) in [5, 5.41) is 24.9. The molecular weight excluding hydrogens is 538 g/mol. The highest BCUT2D eigenvalue weighted by Gasteiger charge is 2.20. The molecule has 1 aromatic carbocycles. The van der Waals surface area contributed by atoms with Crippen LogP contribution in [0.25, 0.3) is 0 Å². The molecule has 1 aromatic rings. The van der Waals surface area contributed by atoms with Gasteiger partial charge in [0.1, 0.15) is 11.8 Å². The number of guanidine groups is 1. The van der Waals surface area contributed by atoms with Crippen molar-refractivity contribution in [2.75, 3.05) is 45.8 Å². The Balaban J connectivity index is 2.06. The lowest BCUT2D eigenvalue weighted by molar-refractivity contribution is -0.129. The van der Waals surface area contributed by atoms with E-state index < -0.39 is 12.1 Å². The fraction of sp³-hybridized carbons (Fsp3) is 0.655. The van der Waals surface area contributed by atoms with Crippen molar-refractivity contribution >= 4 is 23.7 Å². The molecule has 0 heterocycles. The average Bonchev–Trinajstić information content (AvgIpc) is 2.95. The molecule has 238 valence electrons. The highest BCUT2D eigenvalue weighted by molar-refractivity contribution is 5.87. The monoisotopic (exact) mass is 591 g/mol. The molecule has 0 spiro atoms. The number of carbonyl (C=O) groups is 3. The van der Waals surface area contributed by atoms with Gasteiger partial charge in [0.15, 0.2) is 5.96 Å². The molecule has 3 amide bonds. The van der Waals surface area contributed by atoms with Crippen LogP contribution < -0.4 is 43.8 Å². The molecule has 0 radical (unpaired) electrons. The van der Waals surface area contributed by atoms with Crippen molar-refractivity contribution < 1.29 is 19.5 Å². The Morgan fingerprint density at radius 3 is 1.98 bits per heavy atom. The maximum Gasteiger partial charge on any atom is 0.242 e. The minimum absolute atomic E-state index is 0.0412. The highest BCUT2D eigenvalue weighted by Crippen LogP contribution is 2.11. The van der Waals surface area contributed by atoms with E-state index in [0.29, 0.717) is 51.7 Å². The number of carbonyl (C=O) groups excluding carboxylic acids is 3. The van der Waals surface area contributed by atoms with Crippen LogP contribution in [0.5, 0.6) is 5.75 Å². The van der Waals surface area contributed by atoms with Gasteiger partial charge in [-0.3, -0.25) is 19.4 Å². The van der Waals surface area contributed by atoms with E-state index in [2.05, 4.69) is 31.6 Å². The van der Waals surface area contributed by atoms with Gasteiger partial charge in [0.05, 0.1) is 6.04 Å². The van der Waals surface area contributed by atoms with Crippen LogP contribution in [-0.2, 0) is 20.8 Å². The maximum atomic E-state index is 12.7. The van der Waals surface area contributed by atoms with Crippen LogP contribution in [0.15, 0.2) is 29.3 Å². The number of nitrogens with one attached hydrogen (secondary N) is 5. The first-order valence-electron chi connectivity index (χ1n) is 15.1. The number of aromatic hydroxyl groups is 1. The third-order valence-electron chi connectivity index (χ3n) is 6.43. The van der Waals surface area contributed by atoms with E-state index in [-0.39, 0.29) is 29.4 Å². The first kappa shape index (κ1) is 36.6. The van der Waals surface area contributed by atoms with Crippen LogP contribution in [0.2, 0.25) is 0 Å². The highest BCUT2D eigenvalue weighted by atomic mass is 16.3. The molecule has 0 saturated carbocycles. The first-order chi connectivity index (χ1) is 20.2. The summed E-state index contributed by atoms with van der Waals surface area (Å²) in [5.41, 5.74) is 17.3. The number of aliphatic imine (C=N–C) groups is 1. The summed E-state index contributed by atoms with van der Waals surface area (Å²) in [6.07, 6.45) is 6.31. The smallest absolute Gasteiger partial charge is 0.242 e. The van der Waals surface area contributed by atoms with Crippen molar-refractivity contribution in [3.05, 3.63) is 29.8 Å². The third-order valence-corrected chi connectivity index (χ3v) is 6.43. The molecule has 2 atom stereocenters. The van der Waals surface area contributed by atoms with Gasteiger partial charge in [0.2, 0.25) is 17.7 Å². The molecule has 0 aliphatic rings. The Labute approximate surface area is 250 Å². The fourth-order valence-electron chi connectivity index (χ4n) is 4.08. The topological polar surface area (TPSA) is 222 Å². The van der Waals surface area contributed by atoms with E-state index in [9.17, 15) is 19.5 Å². The third kappa shape index (κ3) is 18.8. The van der Waals surface area contributed by atoms with Crippen molar-refractivity contribution in [2.45, 2.75) is 76.8 Å². The Kier molecular flexibility index (Phi) is 20.2. The summed E-state index contributed by atoms with van der Waals surface area (Å²) in [4.78, 5) is 40.7. The molecule has 13 heteroatoms. The normalized spacial score (nSPS) is 12.2. The fourth-order valence-corrected chi connectivity index (χ4v) is 4.08. The van der Waals surface area contributed by atoms with E-state index in [0.717, 1.165) is 57.4 Å². The Hall–Kier alpha value is -3.42. The summed E-state index contributed by atoms with van der Waals surface area (Å²) < 4.78 is 0. The van der Waals surface area contributed by atoms with E-state index >= 15 is 0 Å². The van der Waals surface area contributed by atoms with Gasteiger partial charge in [-0.15, -0.1) is 0 Å². The SMILES string of the molecule is CCCC(=O)N[C@@H](Cc1ccc(O)cc1)C(=O)NCCCNCCCCNCCCNC(=O)[C@@H](N)CCCN=C(N)N. The number of nitrogens with two attached hydrogens (primary N) is 3. The summed E-state index contributed by atoms with van der Waals surface area (Å²) in [7, 11) is 0. The molecule has 12 N–H and O–H groups in total.